The maximum Gasteiger partial charge on any atom is 0.261 e. The number of carbonyl (C=O) groups excluding carboxylic acids is 1. The van der Waals surface area contributed by atoms with Crippen LogP contribution in [0.2, 0.25) is 0 Å². The molecule has 25 heavy (non-hydrogen) atoms. The quantitative estimate of drug-likeness (QED) is 0.887. The van der Waals surface area contributed by atoms with Crippen LogP contribution in [-0.4, -0.2) is 27.4 Å². The average molecular weight is 351 g/mol. The summed E-state index contributed by atoms with van der Waals surface area (Å²) in [5, 5.41) is 16.6. The van der Waals surface area contributed by atoms with Crippen molar-refractivity contribution in [2.75, 3.05) is 11.9 Å². The molecule has 0 spiro atoms. The number of nitrogens with zero attached hydrogens (tertiary/aromatic N) is 2. The largest absolute Gasteiger partial charge is 0.387 e. The van der Waals surface area contributed by atoms with Crippen LogP contribution < -0.4 is 5.32 Å². The minimum atomic E-state index is -0.967. The molecule has 1 amide bonds. The predicted molar refractivity (Wildman–Crippen MR) is 86.0 cm³/mol. The Morgan fingerprint density at radius 1 is 1.40 bits per heavy atom. The molecule has 134 valence electrons. The van der Waals surface area contributed by atoms with Gasteiger partial charge in [-0.15, -0.1) is 0 Å². The molecule has 0 aliphatic carbocycles. The Labute approximate surface area is 143 Å². The van der Waals surface area contributed by atoms with Crippen LogP contribution >= 0.6 is 0 Å². The van der Waals surface area contributed by atoms with Gasteiger partial charge >= 0.3 is 0 Å². The summed E-state index contributed by atoms with van der Waals surface area (Å²) in [6.07, 6.45) is 2.96. The summed E-state index contributed by atoms with van der Waals surface area (Å²) in [7, 11) is 0. The lowest BCUT2D eigenvalue weighted by atomic mass is 10.1. The van der Waals surface area contributed by atoms with Crippen LogP contribution in [0, 0.1) is 11.6 Å². The van der Waals surface area contributed by atoms with Gasteiger partial charge < -0.3 is 15.2 Å². The van der Waals surface area contributed by atoms with E-state index in [0.717, 1.165) is 31.4 Å². The second-order valence-corrected chi connectivity index (χ2v) is 5.96. The molecule has 0 radical (unpaired) electrons. The van der Waals surface area contributed by atoms with E-state index in [9.17, 15) is 18.7 Å². The number of aliphatic hydroxyl groups excluding tert-OH is 1. The zero-order valence-corrected chi connectivity index (χ0v) is 13.7. The summed E-state index contributed by atoms with van der Waals surface area (Å²) in [6, 6.07) is 3.20. The molecule has 3 rings (SSSR count). The van der Waals surface area contributed by atoms with Crippen molar-refractivity contribution in [2.45, 2.75) is 38.5 Å². The lowest BCUT2D eigenvalue weighted by Gasteiger charge is -2.22. The number of amides is 1. The molecular formula is C17H19F2N3O3. The van der Waals surface area contributed by atoms with Crippen molar-refractivity contribution in [1.29, 1.82) is 0 Å². The van der Waals surface area contributed by atoms with Crippen LogP contribution in [0.15, 0.2) is 24.4 Å². The number of aromatic nitrogens is 2. The number of carbonyl (C=O) groups is 1. The highest BCUT2D eigenvalue weighted by atomic mass is 19.1. The highest BCUT2D eigenvalue weighted by Crippen LogP contribution is 2.28. The summed E-state index contributed by atoms with van der Waals surface area (Å²) in [5.41, 5.74) is -0.281. The molecule has 0 bridgehead atoms. The van der Waals surface area contributed by atoms with Crippen LogP contribution in [-0.2, 0) is 4.74 Å². The number of aliphatic hydroxyl groups is 1. The first-order valence-electron chi connectivity index (χ1n) is 8.11. The monoisotopic (exact) mass is 351 g/mol. The summed E-state index contributed by atoms with van der Waals surface area (Å²) >= 11 is 0. The van der Waals surface area contributed by atoms with Gasteiger partial charge in [0.15, 0.2) is 0 Å². The third-order valence-corrected chi connectivity index (χ3v) is 4.04. The summed E-state index contributed by atoms with van der Waals surface area (Å²) in [4.78, 5) is 12.3. The van der Waals surface area contributed by atoms with Crippen molar-refractivity contribution in [3.63, 3.8) is 0 Å². The van der Waals surface area contributed by atoms with Crippen LogP contribution in [0.25, 0.3) is 0 Å². The molecule has 1 aromatic carbocycles. The molecule has 2 aromatic rings. The number of ether oxygens (including phenoxy) is 1. The Balaban J connectivity index is 1.88. The van der Waals surface area contributed by atoms with E-state index in [1.807, 2.05) is 0 Å². The van der Waals surface area contributed by atoms with E-state index in [1.54, 1.807) is 0 Å². The molecule has 0 saturated carbocycles. The van der Waals surface area contributed by atoms with Gasteiger partial charge in [0.1, 0.15) is 29.1 Å². The Kier molecular flexibility index (Phi) is 5.10. The van der Waals surface area contributed by atoms with Gasteiger partial charge in [-0.05, 0) is 38.3 Å². The van der Waals surface area contributed by atoms with E-state index in [-0.39, 0.29) is 17.6 Å². The van der Waals surface area contributed by atoms with Gasteiger partial charge in [0.05, 0.1) is 18.0 Å². The molecule has 1 fully saturated rings. The van der Waals surface area contributed by atoms with Crippen LogP contribution in [0.4, 0.5) is 14.5 Å². The lowest BCUT2D eigenvalue weighted by Crippen LogP contribution is -2.18. The number of nitrogens with one attached hydrogen (secondary N) is 1. The first kappa shape index (κ1) is 17.5. The minimum absolute atomic E-state index is 0.192. The van der Waals surface area contributed by atoms with Crippen molar-refractivity contribution in [3.05, 3.63) is 47.3 Å². The first-order chi connectivity index (χ1) is 12.0. The SMILES string of the molecule is CC(O)c1nn(C2CCCCO2)cc1NC(=O)c1c(F)cccc1F. The van der Waals surface area contributed by atoms with E-state index < -0.39 is 29.2 Å². The fourth-order valence-electron chi connectivity index (χ4n) is 2.79. The van der Waals surface area contributed by atoms with Crippen LogP contribution in [0.3, 0.4) is 0 Å². The van der Waals surface area contributed by atoms with Gasteiger partial charge in [0.25, 0.3) is 5.91 Å². The topological polar surface area (TPSA) is 76.4 Å². The average Bonchev–Trinajstić information content (AvgIpc) is 2.99. The van der Waals surface area contributed by atoms with Crippen molar-refractivity contribution in [3.8, 4) is 0 Å². The first-order valence-corrected chi connectivity index (χ1v) is 8.11. The fourth-order valence-corrected chi connectivity index (χ4v) is 2.79. The Morgan fingerprint density at radius 3 is 2.72 bits per heavy atom. The van der Waals surface area contributed by atoms with Gasteiger partial charge in [0.2, 0.25) is 0 Å². The second-order valence-electron chi connectivity index (χ2n) is 5.96. The number of rotatable bonds is 4. The predicted octanol–water partition coefficient (Wildman–Crippen LogP) is 3.17. The zero-order valence-electron chi connectivity index (χ0n) is 13.7. The van der Waals surface area contributed by atoms with E-state index in [0.29, 0.717) is 6.61 Å². The molecule has 2 atom stereocenters. The van der Waals surface area contributed by atoms with Crippen LogP contribution in [0.5, 0.6) is 0 Å². The number of hydrogen-bond donors (Lipinski definition) is 2. The zero-order chi connectivity index (χ0) is 18.0. The van der Waals surface area contributed by atoms with E-state index in [1.165, 1.54) is 23.9 Å². The molecule has 2 N–H and O–H groups in total. The van der Waals surface area contributed by atoms with Crippen molar-refractivity contribution < 1.29 is 23.4 Å². The van der Waals surface area contributed by atoms with Crippen molar-refractivity contribution >= 4 is 11.6 Å². The molecule has 8 heteroatoms. The van der Waals surface area contributed by atoms with Gasteiger partial charge in [0, 0.05) is 6.61 Å². The second kappa shape index (κ2) is 7.28. The molecule has 2 heterocycles. The third-order valence-electron chi connectivity index (χ3n) is 4.04. The van der Waals surface area contributed by atoms with Crippen LogP contribution in [0.1, 0.15) is 54.6 Å². The molecule has 1 saturated heterocycles. The molecule has 1 aromatic heterocycles. The minimum Gasteiger partial charge on any atom is -0.387 e. The molecule has 1 aliphatic rings. The number of anilines is 1. The number of benzene rings is 1. The van der Waals surface area contributed by atoms with Gasteiger partial charge in [-0.1, -0.05) is 6.07 Å². The third kappa shape index (κ3) is 3.69. The maximum absolute atomic E-state index is 13.8. The summed E-state index contributed by atoms with van der Waals surface area (Å²) in [6.45, 7) is 2.10. The normalized spacial score (nSPS) is 18.8. The lowest BCUT2D eigenvalue weighted by molar-refractivity contribution is -0.0400. The maximum atomic E-state index is 13.8. The van der Waals surface area contributed by atoms with E-state index in [4.69, 9.17) is 4.74 Å². The van der Waals surface area contributed by atoms with E-state index >= 15 is 0 Å². The molecular weight excluding hydrogens is 332 g/mol. The van der Waals surface area contributed by atoms with Crippen molar-refractivity contribution in [2.24, 2.45) is 0 Å². The highest BCUT2D eigenvalue weighted by Gasteiger charge is 2.24. The highest BCUT2D eigenvalue weighted by molar-refractivity contribution is 6.04. The molecule has 1 aliphatic heterocycles. The van der Waals surface area contributed by atoms with Gasteiger partial charge in [-0.25, -0.2) is 13.5 Å². The fraction of sp³-hybridized carbons (Fsp3) is 0.412. The standard InChI is InChI=1S/C17H19F2N3O3/c1-10(23)16-13(9-22(21-16)14-7-2-3-8-25-14)20-17(24)15-11(18)5-4-6-12(15)19/h4-6,9-10,14,23H,2-3,7-8H2,1H3,(H,20,24). The number of hydrogen-bond acceptors (Lipinski definition) is 4. The Morgan fingerprint density at radius 2 is 2.12 bits per heavy atom. The smallest absolute Gasteiger partial charge is 0.261 e. The Bertz CT molecular complexity index is 750. The van der Waals surface area contributed by atoms with E-state index in [2.05, 4.69) is 10.4 Å². The number of halogens is 2. The summed E-state index contributed by atoms with van der Waals surface area (Å²) in [5.74, 6) is -2.86. The molecule has 2 unspecified atom stereocenters. The Hall–Kier alpha value is -2.32. The van der Waals surface area contributed by atoms with Gasteiger partial charge in [-0.2, -0.15) is 5.10 Å². The van der Waals surface area contributed by atoms with Crippen molar-refractivity contribution in [1.82, 2.24) is 9.78 Å². The van der Waals surface area contributed by atoms with Gasteiger partial charge in [-0.3, -0.25) is 4.79 Å². The molecule has 6 nitrogen and oxygen atoms in total. The summed E-state index contributed by atoms with van der Waals surface area (Å²) < 4.78 is 34.7.